The molecule has 2 aromatic heterocycles. The van der Waals surface area contributed by atoms with E-state index in [0.29, 0.717) is 61.1 Å². The van der Waals surface area contributed by atoms with Gasteiger partial charge in [-0.2, -0.15) is 13.2 Å². The summed E-state index contributed by atoms with van der Waals surface area (Å²) in [7, 11) is 1.24. The lowest BCUT2D eigenvalue weighted by Gasteiger charge is -2.40. The maximum Gasteiger partial charge on any atom is 0.417 e. The Hall–Kier alpha value is -5.93. The summed E-state index contributed by atoms with van der Waals surface area (Å²) in [5, 5.41) is 5.22. The Bertz CT molecular complexity index is 2240. The molecule has 2 unspecified atom stereocenters. The number of benzene rings is 2. The van der Waals surface area contributed by atoms with Gasteiger partial charge in [0.2, 0.25) is 11.8 Å². The number of ether oxygens (including phenoxy) is 1. The maximum absolute atomic E-state index is 14.5. The summed E-state index contributed by atoms with van der Waals surface area (Å²) in [6.07, 6.45) is -0.0525. The van der Waals surface area contributed by atoms with Crippen molar-refractivity contribution in [1.29, 1.82) is 0 Å². The number of pyridine rings is 1. The van der Waals surface area contributed by atoms with Crippen molar-refractivity contribution >= 4 is 35.3 Å². The van der Waals surface area contributed by atoms with Crippen LogP contribution in [0.15, 0.2) is 67.0 Å². The summed E-state index contributed by atoms with van der Waals surface area (Å²) in [6.45, 7) is 12.2. The normalized spacial score (nSPS) is 20.5. The number of imidazole rings is 1. The number of hydrogen-bond acceptors (Lipinski definition) is 8. The van der Waals surface area contributed by atoms with Crippen LogP contribution in [-0.4, -0.2) is 93.9 Å². The van der Waals surface area contributed by atoms with Crippen LogP contribution in [0.2, 0.25) is 0 Å². The van der Waals surface area contributed by atoms with E-state index in [0.717, 1.165) is 18.9 Å². The molecule has 60 heavy (non-hydrogen) atoms. The highest BCUT2D eigenvalue weighted by molar-refractivity contribution is 6.04. The Labute approximate surface area is 347 Å². The van der Waals surface area contributed by atoms with Crippen LogP contribution >= 0.6 is 0 Å². The van der Waals surface area contributed by atoms with E-state index in [1.807, 2.05) is 25.7 Å². The minimum Gasteiger partial charge on any atom is -0.453 e. The third kappa shape index (κ3) is 8.82. The zero-order chi connectivity index (χ0) is 43.1. The summed E-state index contributed by atoms with van der Waals surface area (Å²) >= 11 is 0. The fraction of sp³-hybridized carbons (Fsp3) is 0.455. The van der Waals surface area contributed by atoms with Gasteiger partial charge in [0.1, 0.15) is 17.7 Å². The second-order valence-electron chi connectivity index (χ2n) is 17.0. The predicted molar refractivity (Wildman–Crippen MR) is 220 cm³/mol. The molecule has 4 atom stereocenters. The molecular weight excluding hydrogens is 778 g/mol. The second kappa shape index (κ2) is 16.6. The van der Waals surface area contributed by atoms with Gasteiger partial charge in [0.25, 0.3) is 5.91 Å². The number of aromatic nitrogens is 3. The number of methoxy groups -OCH3 is 1. The molecule has 2 aromatic carbocycles. The van der Waals surface area contributed by atoms with Crippen molar-refractivity contribution in [3.63, 3.8) is 0 Å². The largest absolute Gasteiger partial charge is 0.453 e. The van der Waals surface area contributed by atoms with Gasteiger partial charge in [-0.15, -0.1) is 0 Å². The molecule has 1 saturated carbocycles. The lowest BCUT2D eigenvalue weighted by atomic mass is 9.97. The van der Waals surface area contributed by atoms with Gasteiger partial charge < -0.3 is 35.1 Å². The lowest BCUT2D eigenvalue weighted by Crippen LogP contribution is -2.54. The minimum atomic E-state index is -4.72. The van der Waals surface area contributed by atoms with Crippen LogP contribution in [0.3, 0.4) is 0 Å². The number of carbonyl (C=O) groups excluding carboxylic acids is 4. The standard InChI is InChI=1S/C44H51F3N8O5/c1-25(2)37(52-42(59)60-6)41(58)55-17-7-8-35(55)38-49-23-34(51-38)28-11-9-27(10-12-28)31-15-14-30(20-32(31)44(45,46)47)50-39(56)29-13-16-36(48-22-29)54-19-18-53(24-26(54)3)40(57)33-21-43(33,4)5/h9-16,20,22-23,25-26,33,35,37H,7-8,17-19,21,24H2,1-6H3,(H,49,51)(H,50,56)(H,52,59)/t26?,33-,35?,37+/m1/s1. The van der Waals surface area contributed by atoms with Gasteiger partial charge in [-0.25, -0.2) is 14.8 Å². The molecule has 4 amide bonds. The SMILES string of the molecule is COC(=O)N[C@H](C(=O)N1CCCC1c1ncc(-c2ccc(-c3ccc(NC(=O)c4ccc(N5CCN(C(=O)[C@H]6CC6(C)C)CC5C)nc4)cc3C(F)(F)F)cc2)[nH]1)C(C)C. The number of halogens is 3. The van der Waals surface area contributed by atoms with Crippen molar-refractivity contribution < 1.29 is 37.1 Å². The molecule has 3 fully saturated rings. The Morgan fingerprint density at radius 3 is 2.28 bits per heavy atom. The Morgan fingerprint density at radius 2 is 1.67 bits per heavy atom. The molecule has 7 rings (SSSR count). The van der Waals surface area contributed by atoms with Crippen LogP contribution in [0.4, 0.5) is 29.5 Å². The Morgan fingerprint density at radius 1 is 0.950 bits per heavy atom. The number of rotatable bonds is 10. The van der Waals surface area contributed by atoms with Gasteiger partial charge >= 0.3 is 12.3 Å². The van der Waals surface area contributed by atoms with Gasteiger partial charge in [-0.05, 0) is 78.5 Å². The monoisotopic (exact) mass is 828 g/mol. The maximum atomic E-state index is 14.5. The molecule has 0 spiro atoms. The molecule has 318 valence electrons. The molecular formula is C44H51F3N8O5. The van der Waals surface area contributed by atoms with Crippen LogP contribution in [-0.2, 0) is 20.5 Å². The number of carbonyl (C=O) groups is 4. The predicted octanol–water partition coefficient (Wildman–Crippen LogP) is 7.54. The van der Waals surface area contributed by atoms with E-state index in [4.69, 9.17) is 4.74 Å². The highest BCUT2D eigenvalue weighted by atomic mass is 19.4. The van der Waals surface area contributed by atoms with Gasteiger partial charge in [0.05, 0.1) is 36.2 Å². The number of likely N-dealkylation sites (tertiary alicyclic amines) is 1. The molecule has 0 bridgehead atoms. The molecule has 4 aromatic rings. The van der Waals surface area contributed by atoms with E-state index in [1.54, 1.807) is 47.5 Å². The number of alkyl halides is 3. The number of hydrogen-bond donors (Lipinski definition) is 3. The summed E-state index contributed by atoms with van der Waals surface area (Å²) in [6, 6.07) is 12.5. The Kier molecular flexibility index (Phi) is 11.7. The fourth-order valence-electron chi connectivity index (χ4n) is 8.28. The van der Waals surface area contributed by atoms with Crippen LogP contribution in [0.5, 0.6) is 0 Å². The highest BCUT2D eigenvalue weighted by Crippen LogP contribution is 2.52. The van der Waals surface area contributed by atoms with Crippen LogP contribution < -0.4 is 15.5 Å². The van der Waals surface area contributed by atoms with Gasteiger partial charge in [-0.3, -0.25) is 14.4 Å². The van der Waals surface area contributed by atoms with E-state index in [1.165, 1.54) is 25.4 Å². The fourth-order valence-corrected chi connectivity index (χ4v) is 8.28. The molecule has 1 aliphatic carbocycles. The Balaban J connectivity index is 1.00. The first-order valence-electron chi connectivity index (χ1n) is 20.3. The number of amides is 4. The third-order valence-electron chi connectivity index (χ3n) is 12.0. The molecule has 3 aliphatic rings. The number of nitrogens with zero attached hydrogens (tertiary/aromatic N) is 5. The second-order valence-corrected chi connectivity index (χ2v) is 17.0. The summed E-state index contributed by atoms with van der Waals surface area (Å²) in [5.41, 5.74) is 0.901. The van der Waals surface area contributed by atoms with Crippen molar-refractivity contribution in [2.45, 2.75) is 78.2 Å². The molecule has 0 radical (unpaired) electrons. The topological polar surface area (TPSA) is 153 Å². The number of anilines is 2. The van der Waals surface area contributed by atoms with Crippen LogP contribution in [0.1, 0.15) is 81.7 Å². The molecule has 13 nitrogen and oxygen atoms in total. The zero-order valence-corrected chi connectivity index (χ0v) is 34.6. The van der Waals surface area contributed by atoms with Crippen molar-refractivity contribution in [3.8, 4) is 22.4 Å². The van der Waals surface area contributed by atoms with E-state index >= 15 is 0 Å². The first-order chi connectivity index (χ1) is 28.4. The summed E-state index contributed by atoms with van der Waals surface area (Å²) in [5.74, 6) is 0.477. The first-order valence-corrected chi connectivity index (χ1v) is 20.3. The van der Waals surface area contributed by atoms with Crippen LogP contribution in [0, 0.1) is 17.3 Å². The van der Waals surface area contributed by atoms with Gasteiger partial charge in [0, 0.05) is 50.0 Å². The van der Waals surface area contributed by atoms with E-state index < -0.39 is 29.8 Å². The smallest absolute Gasteiger partial charge is 0.417 e. The van der Waals surface area contributed by atoms with Crippen molar-refractivity contribution in [2.75, 3.05) is 43.5 Å². The molecule has 2 aliphatic heterocycles. The molecule has 2 saturated heterocycles. The number of H-pyrrole nitrogens is 1. The molecule has 16 heteroatoms. The average molecular weight is 829 g/mol. The number of aromatic amines is 1. The van der Waals surface area contributed by atoms with E-state index in [-0.39, 0.29) is 58.0 Å². The number of piperazine rings is 1. The van der Waals surface area contributed by atoms with Crippen molar-refractivity contribution in [3.05, 3.63) is 83.9 Å². The lowest BCUT2D eigenvalue weighted by molar-refractivity contribution is -0.137. The molecule has 4 heterocycles. The number of alkyl carbamates (subject to hydrolysis) is 1. The van der Waals surface area contributed by atoms with E-state index in [9.17, 15) is 32.3 Å². The quantitative estimate of drug-likeness (QED) is 0.148. The summed E-state index contributed by atoms with van der Waals surface area (Å²) < 4.78 is 48.3. The van der Waals surface area contributed by atoms with Crippen molar-refractivity contribution in [2.24, 2.45) is 17.3 Å². The highest BCUT2D eigenvalue weighted by Gasteiger charge is 2.52. The van der Waals surface area contributed by atoms with Gasteiger partial charge in [0.15, 0.2) is 0 Å². The number of nitrogens with one attached hydrogen (secondary N) is 3. The third-order valence-corrected chi connectivity index (χ3v) is 12.0. The van der Waals surface area contributed by atoms with Crippen molar-refractivity contribution in [1.82, 2.24) is 30.1 Å². The minimum absolute atomic E-state index is 0.0139. The average Bonchev–Trinajstić information content (AvgIpc) is 3.56. The van der Waals surface area contributed by atoms with Crippen LogP contribution in [0.25, 0.3) is 22.4 Å². The zero-order valence-electron chi connectivity index (χ0n) is 34.6. The first kappa shape index (κ1) is 42.2. The summed E-state index contributed by atoms with van der Waals surface area (Å²) in [4.78, 5) is 69.6. The molecule has 3 N–H and O–H groups in total. The van der Waals surface area contributed by atoms with Gasteiger partial charge in [-0.1, -0.05) is 58.0 Å². The van der Waals surface area contributed by atoms with E-state index in [2.05, 4.69) is 44.3 Å².